The molecule has 3 rings (SSSR count). The minimum Gasteiger partial charge on any atom is -0.383 e. The van der Waals surface area contributed by atoms with Crippen LogP contribution in [0.4, 0.5) is 11.6 Å². The van der Waals surface area contributed by atoms with E-state index in [0.29, 0.717) is 24.5 Å². The number of ether oxygens (including phenoxy) is 1. The molecule has 0 radical (unpaired) electrons. The monoisotopic (exact) mass is 405 g/mol. The summed E-state index contributed by atoms with van der Waals surface area (Å²) in [6, 6.07) is 11.0. The van der Waals surface area contributed by atoms with Gasteiger partial charge < -0.3 is 15.0 Å². The van der Waals surface area contributed by atoms with Crippen molar-refractivity contribution in [2.45, 2.75) is 13.0 Å². The van der Waals surface area contributed by atoms with Crippen LogP contribution >= 0.6 is 0 Å². The molecule has 0 atom stereocenters. The second-order valence-corrected chi connectivity index (χ2v) is 6.71. The van der Waals surface area contributed by atoms with Crippen molar-refractivity contribution in [1.29, 1.82) is 5.26 Å². The van der Waals surface area contributed by atoms with Gasteiger partial charge in [0.2, 0.25) is 5.91 Å². The Labute approximate surface area is 174 Å². The normalized spacial score (nSPS) is 10.4. The predicted molar refractivity (Wildman–Crippen MR) is 112 cm³/mol. The molecule has 3 aromatic heterocycles. The molecule has 0 aromatic carbocycles. The van der Waals surface area contributed by atoms with Crippen molar-refractivity contribution in [2.24, 2.45) is 0 Å². The lowest BCUT2D eigenvalue weighted by Crippen LogP contribution is -2.23. The number of nitrogens with zero attached hydrogens (tertiary/aromatic N) is 6. The minimum atomic E-state index is -0.168. The Balaban J connectivity index is 1.52. The SMILES string of the molecule is COCCN(C)c1ccc(CC(=O)Nc2ccn(Cc3ccc(C#N)cn3)n2)cn1. The summed E-state index contributed by atoms with van der Waals surface area (Å²) >= 11 is 0. The number of nitrogens with one attached hydrogen (secondary N) is 1. The zero-order chi connectivity index (χ0) is 21.3. The third-order valence-electron chi connectivity index (χ3n) is 4.38. The number of aromatic nitrogens is 4. The molecule has 1 amide bonds. The van der Waals surface area contributed by atoms with Gasteiger partial charge in [0.15, 0.2) is 5.82 Å². The summed E-state index contributed by atoms with van der Waals surface area (Å²) < 4.78 is 6.74. The minimum absolute atomic E-state index is 0.168. The number of methoxy groups -OCH3 is 1. The first-order chi connectivity index (χ1) is 14.6. The molecule has 0 aliphatic rings. The molecule has 154 valence electrons. The Morgan fingerprint density at radius 3 is 2.77 bits per heavy atom. The van der Waals surface area contributed by atoms with Crippen LogP contribution in [0, 0.1) is 11.3 Å². The molecule has 0 fully saturated rings. The summed E-state index contributed by atoms with van der Waals surface area (Å²) in [6.07, 6.45) is 5.20. The molecular formula is C21H23N7O2. The van der Waals surface area contributed by atoms with Gasteiger partial charge in [-0.2, -0.15) is 10.4 Å². The average Bonchev–Trinajstić information content (AvgIpc) is 3.19. The van der Waals surface area contributed by atoms with Crippen molar-refractivity contribution in [3.05, 3.63) is 65.7 Å². The van der Waals surface area contributed by atoms with Crippen molar-refractivity contribution in [3.63, 3.8) is 0 Å². The van der Waals surface area contributed by atoms with E-state index in [1.54, 1.807) is 42.4 Å². The first-order valence-electron chi connectivity index (χ1n) is 9.40. The second-order valence-electron chi connectivity index (χ2n) is 6.71. The molecular weight excluding hydrogens is 382 g/mol. The molecule has 0 spiro atoms. The smallest absolute Gasteiger partial charge is 0.230 e. The van der Waals surface area contributed by atoms with E-state index >= 15 is 0 Å². The van der Waals surface area contributed by atoms with E-state index in [2.05, 4.69) is 20.4 Å². The molecule has 9 heteroatoms. The average molecular weight is 405 g/mol. The molecule has 0 aliphatic carbocycles. The van der Waals surface area contributed by atoms with Crippen LogP contribution < -0.4 is 10.2 Å². The van der Waals surface area contributed by atoms with E-state index in [-0.39, 0.29) is 12.3 Å². The summed E-state index contributed by atoms with van der Waals surface area (Å²) in [6.45, 7) is 1.81. The fourth-order valence-electron chi connectivity index (χ4n) is 2.73. The maximum atomic E-state index is 12.3. The van der Waals surface area contributed by atoms with E-state index in [4.69, 9.17) is 10.00 Å². The highest BCUT2D eigenvalue weighted by molar-refractivity contribution is 5.91. The van der Waals surface area contributed by atoms with E-state index in [1.807, 2.05) is 30.1 Å². The Morgan fingerprint density at radius 2 is 2.10 bits per heavy atom. The number of nitriles is 1. The number of rotatable bonds is 9. The first-order valence-corrected chi connectivity index (χ1v) is 9.40. The van der Waals surface area contributed by atoms with Gasteiger partial charge in [-0.25, -0.2) is 4.98 Å². The molecule has 0 saturated carbocycles. The number of amides is 1. The van der Waals surface area contributed by atoms with E-state index in [9.17, 15) is 4.79 Å². The third kappa shape index (κ3) is 5.86. The first kappa shape index (κ1) is 21.0. The molecule has 1 N–H and O–H groups in total. The summed E-state index contributed by atoms with van der Waals surface area (Å²) in [4.78, 5) is 22.9. The van der Waals surface area contributed by atoms with Crippen molar-refractivity contribution in [3.8, 4) is 6.07 Å². The zero-order valence-electron chi connectivity index (χ0n) is 16.9. The number of hydrogen-bond donors (Lipinski definition) is 1. The highest BCUT2D eigenvalue weighted by Gasteiger charge is 2.09. The fraction of sp³-hybridized carbons (Fsp3) is 0.286. The summed E-state index contributed by atoms with van der Waals surface area (Å²) in [5.74, 6) is 1.13. The fourth-order valence-corrected chi connectivity index (χ4v) is 2.73. The predicted octanol–water partition coefficient (Wildman–Crippen LogP) is 1.86. The Bertz CT molecular complexity index is 1010. The van der Waals surface area contributed by atoms with E-state index in [0.717, 1.165) is 23.6 Å². The summed E-state index contributed by atoms with van der Waals surface area (Å²) in [5.41, 5.74) is 2.10. The highest BCUT2D eigenvalue weighted by atomic mass is 16.5. The van der Waals surface area contributed by atoms with Crippen molar-refractivity contribution in [1.82, 2.24) is 19.7 Å². The maximum Gasteiger partial charge on any atom is 0.230 e. The quantitative estimate of drug-likeness (QED) is 0.579. The highest BCUT2D eigenvalue weighted by Crippen LogP contribution is 2.11. The zero-order valence-corrected chi connectivity index (χ0v) is 16.9. The molecule has 30 heavy (non-hydrogen) atoms. The molecule has 0 saturated heterocycles. The Kier molecular flexibility index (Phi) is 7.08. The van der Waals surface area contributed by atoms with Crippen LogP contribution in [-0.4, -0.2) is 53.0 Å². The van der Waals surface area contributed by atoms with Crippen LogP contribution in [0.25, 0.3) is 0 Å². The van der Waals surface area contributed by atoms with Crippen LogP contribution in [0.1, 0.15) is 16.8 Å². The molecule has 0 bridgehead atoms. The van der Waals surface area contributed by atoms with E-state index < -0.39 is 0 Å². The number of likely N-dealkylation sites (N-methyl/N-ethyl adjacent to an activating group) is 1. The molecule has 3 heterocycles. The lowest BCUT2D eigenvalue weighted by molar-refractivity contribution is -0.115. The topological polar surface area (TPSA) is 109 Å². The third-order valence-corrected chi connectivity index (χ3v) is 4.38. The number of carbonyl (C=O) groups is 1. The summed E-state index contributed by atoms with van der Waals surface area (Å²) in [5, 5.41) is 16.0. The Morgan fingerprint density at radius 1 is 1.23 bits per heavy atom. The van der Waals surface area contributed by atoms with Crippen LogP contribution in [0.3, 0.4) is 0 Å². The number of pyridine rings is 2. The summed E-state index contributed by atoms with van der Waals surface area (Å²) in [7, 11) is 3.60. The van der Waals surface area contributed by atoms with Crippen molar-refractivity contribution >= 4 is 17.5 Å². The van der Waals surface area contributed by atoms with Gasteiger partial charge in [-0.15, -0.1) is 0 Å². The van der Waals surface area contributed by atoms with Crippen LogP contribution in [0.5, 0.6) is 0 Å². The van der Waals surface area contributed by atoms with Crippen molar-refractivity contribution < 1.29 is 9.53 Å². The number of hydrogen-bond acceptors (Lipinski definition) is 7. The van der Waals surface area contributed by atoms with Crippen LogP contribution in [0.15, 0.2) is 48.9 Å². The van der Waals surface area contributed by atoms with Crippen molar-refractivity contribution in [2.75, 3.05) is 37.5 Å². The molecule has 0 unspecified atom stereocenters. The lowest BCUT2D eigenvalue weighted by atomic mass is 10.2. The van der Waals surface area contributed by atoms with Crippen LogP contribution in [-0.2, 0) is 22.5 Å². The van der Waals surface area contributed by atoms with Gasteiger partial charge in [0.25, 0.3) is 0 Å². The largest absolute Gasteiger partial charge is 0.383 e. The van der Waals surface area contributed by atoms with Gasteiger partial charge in [0.1, 0.15) is 11.9 Å². The molecule has 9 nitrogen and oxygen atoms in total. The van der Waals surface area contributed by atoms with Gasteiger partial charge in [0.05, 0.1) is 30.8 Å². The Hall–Kier alpha value is -3.77. The molecule has 0 aliphatic heterocycles. The number of carbonyl (C=O) groups excluding carboxylic acids is 1. The van der Waals surface area contributed by atoms with Gasteiger partial charge in [-0.1, -0.05) is 6.07 Å². The maximum absolute atomic E-state index is 12.3. The second kappa shape index (κ2) is 10.1. The number of anilines is 2. The molecule has 3 aromatic rings. The van der Waals surface area contributed by atoms with Gasteiger partial charge in [-0.05, 0) is 23.8 Å². The standard InChI is InChI=1S/C21H23N7O2/c1-27(9-10-30-2)20-6-4-16(13-24-20)11-21(29)25-19-7-8-28(26-19)15-18-5-3-17(12-22)14-23-18/h3-8,13-14H,9-11,15H2,1-2H3,(H,25,26,29). The van der Waals surface area contributed by atoms with Gasteiger partial charge in [0, 0.05) is 45.4 Å². The van der Waals surface area contributed by atoms with Gasteiger partial charge >= 0.3 is 0 Å². The van der Waals surface area contributed by atoms with Gasteiger partial charge in [-0.3, -0.25) is 14.5 Å². The van der Waals surface area contributed by atoms with Crippen LogP contribution in [0.2, 0.25) is 0 Å². The lowest BCUT2D eigenvalue weighted by Gasteiger charge is -2.17. The van der Waals surface area contributed by atoms with E-state index in [1.165, 1.54) is 6.20 Å².